The lowest BCUT2D eigenvalue weighted by Crippen LogP contribution is -2.12. The molecule has 0 aliphatic rings. The van der Waals surface area contributed by atoms with Gasteiger partial charge in [0.15, 0.2) is 0 Å². The van der Waals surface area contributed by atoms with Gasteiger partial charge in [0.2, 0.25) is 0 Å². The molecule has 0 aliphatic carbocycles. The van der Waals surface area contributed by atoms with Crippen LogP contribution in [-0.4, -0.2) is 20.7 Å². The van der Waals surface area contributed by atoms with Crippen LogP contribution in [0.3, 0.4) is 0 Å². The van der Waals surface area contributed by atoms with Gasteiger partial charge in [-0.25, -0.2) is 0 Å². The van der Waals surface area contributed by atoms with Crippen molar-refractivity contribution in [2.24, 2.45) is 0 Å². The largest absolute Gasteiger partial charge is 0.322 e. The molecule has 21 heavy (non-hydrogen) atoms. The van der Waals surface area contributed by atoms with Crippen molar-refractivity contribution in [2.45, 2.75) is 0 Å². The first-order valence-corrected chi connectivity index (χ1v) is 7.04. The monoisotopic (exact) mass is 342 g/mol. The Morgan fingerprint density at radius 2 is 1.76 bits per heavy atom. The smallest absolute Gasteiger partial charge is 0.255 e. The van der Waals surface area contributed by atoms with Crippen molar-refractivity contribution >= 4 is 27.5 Å². The van der Waals surface area contributed by atoms with E-state index in [-0.39, 0.29) is 5.91 Å². The first-order valence-electron chi connectivity index (χ1n) is 6.24. The van der Waals surface area contributed by atoms with Crippen LogP contribution in [0.5, 0.6) is 0 Å². The Bertz CT molecular complexity index is 754. The lowest BCUT2D eigenvalue weighted by atomic mass is 10.2. The molecular weight excluding hydrogens is 332 g/mol. The molecule has 0 unspecified atom stereocenters. The molecular formula is C15H11BrN4O. The van der Waals surface area contributed by atoms with Gasteiger partial charge in [0, 0.05) is 21.4 Å². The highest BCUT2D eigenvalue weighted by Gasteiger charge is 2.07. The first-order chi connectivity index (χ1) is 10.2. The Morgan fingerprint density at radius 1 is 1.05 bits per heavy atom. The van der Waals surface area contributed by atoms with Gasteiger partial charge >= 0.3 is 0 Å². The van der Waals surface area contributed by atoms with E-state index in [0.29, 0.717) is 5.56 Å². The van der Waals surface area contributed by atoms with Crippen LogP contribution in [0.2, 0.25) is 0 Å². The van der Waals surface area contributed by atoms with Gasteiger partial charge in [-0.3, -0.25) is 9.36 Å². The minimum Gasteiger partial charge on any atom is -0.322 e. The van der Waals surface area contributed by atoms with Crippen LogP contribution in [0.1, 0.15) is 10.4 Å². The van der Waals surface area contributed by atoms with E-state index < -0.39 is 0 Å². The summed E-state index contributed by atoms with van der Waals surface area (Å²) in [7, 11) is 0. The molecule has 3 rings (SSSR count). The number of hydrogen-bond donors (Lipinski definition) is 1. The number of carbonyl (C=O) groups is 1. The van der Waals surface area contributed by atoms with Crippen LogP contribution >= 0.6 is 15.9 Å². The van der Waals surface area contributed by atoms with E-state index >= 15 is 0 Å². The maximum atomic E-state index is 12.3. The molecule has 3 aromatic rings. The minimum absolute atomic E-state index is 0.160. The molecule has 0 saturated carbocycles. The van der Waals surface area contributed by atoms with Crippen molar-refractivity contribution in [3.8, 4) is 5.69 Å². The van der Waals surface area contributed by atoms with Gasteiger partial charge in [0.05, 0.1) is 0 Å². The highest BCUT2D eigenvalue weighted by Crippen LogP contribution is 2.16. The Labute approximate surface area is 129 Å². The summed E-state index contributed by atoms with van der Waals surface area (Å²) < 4.78 is 2.71. The second-order valence-electron chi connectivity index (χ2n) is 4.38. The van der Waals surface area contributed by atoms with Gasteiger partial charge in [0.1, 0.15) is 12.7 Å². The lowest BCUT2D eigenvalue weighted by molar-refractivity contribution is 0.102. The van der Waals surface area contributed by atoms with Crippen molar-refractivity contribution < 1.29 is 4.79 Å². The van der Waals surface area contributed by atoms with Crippen LogP contribution in [0, 0.1) is 0 Å². The maximum Gasteiger partial charge on any atom is 0.255 e. The second kappa shape index (κ2) is 5.88. The molecule has 5 nitrogen and oxygen atoms in total. The maximum absolute atomic E-state index is 12.3. The molecule has 0 saturated heterocycles. The van der Waals surface area contributed by atoms with E-state index in [4.69, 9.17) is 0 Å². The molecule has 104 valence electrons. The summed E-state index contributed by atoms with van der Waals surface area (Å²) >= 11 is 3.36. The molecule has 0 fully saturated rings. The van der Waals surface area contributed by atoms with E-state index in [0.717, 1.165) is 15.8 Å². The number of hydrogen-bond acceptors (Lipinski definition) is 3. The Morgan fingerprint density at radius 3 is 2.48 bits per heavy atom. The molecule has 0 bridgehead atoms. The first kappa shape index (κ1) is 13.5. The van der Waals surface area contributed by atoms with Crippen LogP contribution in [0.4, 0.5) is 5.69 Å². The molecule has 1 amide bonds. The molecule has 0 atom stereocenters. The fourth-order valence-electron chi connectivity index (χ4n) is 1.88. The quantitative estimate of drug-likeness (QED) is 0.794. The molecule has 0 spiro atoms. The summed E-state index contributed by atoms with van der Waals surface area (Å²) in [6.07, 6.45) is 3.18. The van der Waals surface area contributed by atoms with Gasteiger partial charge < -0.3 is 5.32 Å². The molecule has 1 aromatic heterocycles. The van der Waals surface area contributed by atoms with Gasteiger partial charge in [-0.2, -0.15) is 0 Å². The fraction of sp³-hybridized carbons (Fsp3) is 0. The van der Waals surface area contributed by atoms with Crippen LogP contribution in [-0.2, 0) is 0 Å². The van der Waals surface area contributed by atoms with Gasteiger partial charge in [-0.05, 0) is 42.5 Å². The summed E-state index contributed by atoms with van der Waals surface area (Å²) in [6.45, 7) is 0. The Kier molecular flexibility index (Phi) is 3.79. The summed E-state index contributed by atoms with van der Waals surface area (Å²) in [6, 6.07) is 14.7. The number of amides is 1. The fourth-order valence-corrected chi connectivity index (χ4v) is 2.14. The molecule has 6 heteroatoms. The topological polar surface area (TPSA) is 59.8 Å². The average molecular weight is 343 g/mol. The van der Waals surface area contributed by atoms with Crippen molar-refractivity contribution in [3.63, 3.8) is 0 Å². The molecule has 2 aromatic carbocycles. The number of anilines is 1. The molecule has 0 radical (unpaired) electrons. The number of nitrogens with zero attached hydrogens (tertiary/aromatic N) is 3. The van der Waals surface area contributed by atoms with E-state index in [9.17, 15) is 4.79 Å². The normalized spacial score (nSPS) is 10.3. The van der Waals surface area contributed by atoms with Crippen molar-refractivity contribution in [3.05, 3.63) is 71.2 Å². The third-order valence-corrected chi connectivity index (χ3v) is 3.46. The number of benzene rings is 2. The Hall–Kier alpha value is -2.47. The van der Waals surface area contributed by atoms with Crippen LogP contribution in [0.15, 0.2) is 65.7 Å². The van der Waals surface area contributed by atoms with Gasteiger partial charge in [-0.15, -0.1) is 10.2 Å². The summed E-state index contributed by atoms with van der Waals surface area (Å²) in [5, 5.41) is 10.4. The second-order valence-corrected chi connectivity index (χ2v) is 5.30. The van der Waals surface area contributed by atoms with Crippen molar-refractivity contribution in [1.82, 2.24) is 14.8 Å². The summed E-state index contributed by atoms with van der Waals surface area (Å²) in [4.78, 5) is 12.3. The molecule has 1 N–H and O–H groups in total. The predicted octanol–water partition coefficient (Wildman–Crippen LogP) is 3.28. The predicted molar refractivity (Wildman–Crippen MR) is 83.5 cm³/mol. The summed E-state index contributed by atoms with van der Waals surface area (Å²) in [5.41, 5.74) is 2.16. The van der Waals surface area contributed by atoms with E-state index in [1.807, 2.05) is 36.4 Å². The number of halogens is 1. The number of carbonyl (C=O) groups excluding carboxylic acids is 1. The van der Waals surface area contributed by atoms with Crippen LogP contribution < -0.4 is 5.32 Å². The van der Waals surface area contributed by atoms with Crippen LogP contribution in [0.25, 0.3) is 5.69 Å². The third kappa shape index (κ3) is 3.17. The standard InChI is InChI=1S/C15H11BrN4O/c16-12-4-6-13(7-5-12)19-15(21)11-2-1-3-14(8-11)20-9-17-18-10-20/h1-10H,(H,19,21). The number of aromatic nitrogens is 3. The molecule has 1 heterocycles. The highest BCUT2D eigenvalue weighted by atomic mass is 79.9. The van der Waals surface area contributed by atoms with E-state index in [1.165, 1.54) is 0 Å². The SMILES string of the molecule is O=C(Nc1ccc(Br)cc1)c1cccc(-n2cnnc2)c1. The van der Waals surface area contributed by atoms with E-state index in [2.05, 4.69) is 31.4 Å². The van der Waals surface area contributed by atoms with E-state index in [1.54, 1.807) is 29.4 Å². The third-order valence-electron chi connectivity index (χ3n) is 2.93. The summed E-state index contributed by atoms with van der Waals surface area (Å²) in [5.74, 6) is -0.160. The zero-order valence-corrected chi connectivity index (χ0v) is 12.5. The highest BCUT2D eigenvalue weighted by molar-refractivity contribution is 9.10. The molecule has 0 aliphatic heterocycles. The van der Waals surface area contributed by atoms with Gasteiger partial charge in [-0.1, -0.05) is 22.0 Å². The van der Waals surface area contributed by atoms with Gasteiger partial charge in [0.25, 0.3) is 5.91 Å². The average Bonchev–Trinajstić information content (AvgIpc) is 3.04. The number of nitrogens with one attached hydrogen (secondary N) is 1. The van der Waals surface area contributed by atoms with Crippen molar-refractivity contribution in [1.29, 1.82) is 0 Å². The minimum atomic E-state index is -0.160. The number of rotatable bonds is 3. The van der Waals surface area contributed by atoms with Crippen molar-refractivity contribution in [2.75, 3.05) is 5.32 Å². The zero-order valence-electron chi connectivity index (χ0n) is 10.9. The Balaban J connectivity index is 1.81. The lowest BCUT2D eigenvalue weighted by Gasteiger charge is -2.07. The zero-order chi connectivity index (χ0) is 14.7.